The second kappa shape index (κ2) is 32.3. The molecule has 26 atom stereocenters. The molecule has 8 bridgehead atoms. The van der Waals surface area contributed by atoms with Crippen LogP contribution in [-0.2, 0) is 18.9 Å². The highest BCUT2D eigenvalue weighted by Gasteiger charge is 2.73. The standard InChI is InChI=1S/C30H34N2O3.C30H36N2O2.C30H36N2O.C30H34N2O/c1-28-9-7-22-14-24-27(34)26(33)21(16-31-2)15-29(24)10-11-30(22,35-29)25(28)6-5-23(28)19-4-3-18-8-12-32-17-20(18)13-19;1-28-9-7-23-14-24-15-26(33)22(17-31-2)16-29(24)10-11-30(23,34-29)27(28)6-5-25(28)20-4-3-19-8-12-32-18-21(19)13-20;2*1-28-11-9-25-16-24-6-3-20(18-31-2)17-29(24)12-13-30(25,33-29)27(28)8-7-26(28)22-5-4-21-10-14-32-19-23(21)15-22/h3-5,7-8,12-14,17,21,25-27,31,33-34H,6,9-11,15-16H2,1-2H3;3-4,8,12-15,18,22,25-27,31,33H,5-7,9-11,16-17H2,1-2H3;4-6,10,14-16,19-20,26-27,31H,3,7-9,11-13,17-18H2,1-2H3;3-6,9-10,14-16,19-20,26-27,31H,7-8,11-13,17-18H2,1-2H3/t21-,25-,26-,27-,28-,29-,30-;22-,25-,26+,27-,28-,29-,30-;2*20-,26-,27-,28-,29-,30-/m1111/s1. The van der Waals surface area contributed by atoms with Crippen molar-refractivity contribution in [3.8, 4) is 0 Å². The molecule has 4 aromatic carbocycles. The van der Waals surface area contributed by atoms with Crippen molar-refractivity contribution >= 4 is 48.7 Å². The van der Waals surface area contributed by atoms with Gasteiger partial charge in [-0.1, -0.05) is 137 Å². The largest absolute Gasteiger partial charge is 0.390 e. The molecule has 135 heavy (non-hydrogen) atoms. The van der Waals surface area contributed by atoms with Gasteiger partial charge >= 0.3 is 0 Å². The van der Waals surface area contributed by atoms with E-state index in [4.69, 9.17) is 18.9 Å². The lowest BCUT2D eigenvalue weighted by Crippen LogP contribution is -2.59. The van der Waals surface area contributed by atoms with Crippen molar-refractivity contribution < 1.29 is 34.3 Å². The third kappa shape index (κ3) is 13.1. The number of aromatic nitrogens is 4. The number of nitrogens with zero attached hydrogens (tertiary/aromatic N) is 4. The molecule has 8 spiro atoms. The average molecular weight is 1810 g/mol. The number of benzene rings is 4. The molecule has 4 saturated heterocycles. The first-order valence-electron chi connectivity index (χ1n) is 52.4. The van der Waals surface area contributed by atoms with Crippen LogP contribution in [0.4, 0.5) is 0 Å². The van der Waals surface area contributed by atoms with Crippen molar-refractivity contribution in [1.29, 1.82) is 0 Å². The maximum atomic E-state index is 11.1. The first-order chi connectivity index (χ1) is 65.5. The fourth-order valence-electron chi connectivity index (χ4n) is 34.5. The van der Waals surface area contributed by atoms with Crippen LogP contribution in [0.5, 0.6) is 0 Å². The van der Waals surface area contributed by atoms with Gasteiger partial charge in [-0.3, -0.25) is 19.9 Å². The lowest BCUT2D eigenvalue weighted by Gasteiger charge is -2.55. The Labute approximate surface area is 798 Å². The highest BCUT2D eigenvalue weighted by Crippen LogP contribution is 2.76. The summed E-state index contributed by atoms with van der Waals surface area (Å²) in [6.45, 7) is 13.8. The fourth-order valence-corrected chi connectivity index (χ4v) is 34.5. The predicted molar refractivity (Wildman–Crippen MR) is 537 cm³/mol. The van der Waals surface area contributed by atoms with Crippen LogP contribution in [0.3, 0.4) is 0 Å². The van der Waals surface area contributed by atoms with Crippen LogP contribution < -0.4 is 21.3 Å². The second-order valence-electron chi connectivity index (χ2n) is 47.0. The van der Waals surface area contributed by atoms with Crippen LogP contribution in [0, 0.1) is 69.0 Å². The van der Waals surface area contributed by atoms with E-state index in [0.29, 0.717) is 65.2 Å². The SMILES string of the molecule is CNC[C@@H]1C=CC2=CC3=CC[C@]4(C)[C@@H](c5ccc6ccncc6c5)CC[C@H]4[C@@]34CC[C@]2(C1)O4.CNC[C@@H]1CC=C2C=C3CC[C@]4(C)[C@@H](c5ccc6ccncc6c5)CC[C@H]4[C@@]34CC[C@]2(C1)O4.CNC[C@H]1C[C@@]23CC[C@@]4(O2)C(=CC3=C[C@@H]1O)CC[C@]1(C)[C@@H](c2ccc3ccncc3c2)CC[C@H]14.CNC[C@H]1C[C@@]23CC[C@@]4(O2)C(=CC[C@]2(C)C(c5ccc6ccncc6c5)=CC[C@H]24)C=C3[C@@H](O)[C@@H]1O. The van der Waals surface area contributed by atoms with Crippen molar-refractivity contribution in [2.45, 2.75) is 276 Å². The number of aliphatic hydroxyl groups excluding tert-OH is 3. The van der Waals surface area contributed by atoms with E-state index in [1.54, 1.807) is 5.57 Å². The van der Waals surface area contributed by atoms with E-state index in [0.717, 1.165) is 95.8 Å². The number of hydrogen-bond acceptors (Lipinski definition) is 15. The summed E-state index contributed by atoms with van der Waals surface area (Å²) in [6, 6.07) is 36.4. The molecule has 0 unspecified atom stereocenters. The summed E-state index contributed by atoms with van der Waals surface area (Å²) >= 11 is 0. The minimum Gasteiger partial charge on any atom is -0.390 e. The zero-order valence-electron chi connectivity index (χ0n) is 80.8. The summed E-state index contributed by atoms with van der Waals surface area (Å²) in [5.41, 5.74) is 17.6. The highest BCUT2D eigenvalue weighted by atomic mass is 16.5. The third-order valence-electron chi connectivity index (χ3n) is 40.8. The molecule has 15 nitrogen and oxygen atoms in total. The monoisotopic (exact) mass is 1810 g/mol. The molecule has 8 aliphatic heterocycles. The molecular formula is C120H140N8O7. The zero-order valence-corrected chi connectivity index (χ0v) is 80.8. The summed E-state index contributed by atoms with van der Waals surface area (Å²) in [4.78, 5) is 17.5. The van der Waals surface area contributed by atoms with Crippen molar-refractivity contribution in [2.24, 2.45) is 69.0 Å². The lowest BCUT2D eigenvalue weighted by atomic mass is 9.56. The number of pyridine rings is 4. The average Bonchev–Trinajstić information content (AvgIpc) is 1.53. The number of allylic oxidation sites excluding steroid dienone is 5. The van der Waals surface area contributed by atoms with Crippen molar-refractivity contribution in [1.82, 2.24) is 41.2 Å². The molecule has 20 aliphatic rings. The van der Waals surface area contributed by atoms with Gasteiger partial charge in [0.25, 0.3) is 0 Å². The number of nitrogens with one attached hydrogen (secondary N) is 4. The van der Waals surface area contributed by atoms with Crippen LogP contribution in [0.2, 0.25) is 0 Å². The normalized spacial score (nSPS) is 41.5. The molecule has 7 N–H and O–H groups in total. The molecule has 4 aromatic heterocycles. The van der Waals surface area contributed by atoms with E-state index < -0.39 is 17.8 Å². The molecule has 702 valence electrons. The predicted octanol–water partition coefficient (Wildman–Crippen LogP) is 21.8. The second-order valence-corrected chi connectivity index (χ2v) is 47.0. The molecule has 8 aromatic rings. The Kier molecular flexibility index (Phi) is 21.0. The first-order valence-corrected chi connectivity index (χ1v) is 52.4. The minimum absolute atomic E-state index is 0.00652. The van der Waals surface area contributed by atoms with Gasteiger partial charge in [-0.05, 0) is 414 Å². The minimum atomic E-state index is -0.865. The van der Waals surface area contributed by atoms with E-state index in [9.17, 15) is 15.3 Å². The summed E-state index contributed by atoms with van der Waals surface area (Å²) in [7, 11) is 8.03. The molecule has 10 fully saturated rings. The van der Waals surface area contributed by atoms with Crippen LogP contribution in [0.25, 0.3) is 48.7 Å². The summed E-state index contributed by atoms with van der Waals surface area (Å²) in [5.74, 6) is 5.35. The van der Waals surface area contributed by atoms with Crippen molar-refractivity contribution in [3.05, 3.63) is 280 Å². The summed E-state index contributed by atoms with van der Waals surface area (Å²) in [5, 5.41) is 56.1. The molecule has 12 aliphatic carbocycles. The van der Waals surface area contributed by atoms with Crippen LogP contribution >= 0.6 is 0 Å². The van der Waals surface area contributed by atoms with Gasteiger partial charge in [0.1, 0.15) is 6.10 Å². The van der Waals surface area contributed by atoms with Crippen LogP contribution in [0.15, 0.2) is 258 Å². The Morgan fingerprint density at radius 1 is 0.385 bits per heavy atom. The zero-order chi connectivity index (χ0) is 91.7. The van der Waals surface area contributed by atoms with Crippen LogP contribution in [-0.4, -0.2) is 153 Å². The van der Waals surface area contributed by atoms with Gasteiger partial charge in [0, 0.05) is 114 Å². The Morgan fingerprint density at radius 3 is 1.44 bits per heavy atom. The molecular weight excluding hydrogens is 1670 g/mol. The van der Waals surface area contributed by atoms with Gasteiger partial charge in [-0.25, -0.2) is 0 Å². The van der Waals surface area contributed by atoms with Gasteiger partial charge in [-0.15, -0.1) is 0 Å². The quantitative estimate of drug-likeness (QED) is 0.0609. The Balaban J connectivity index is 0.0000000961. The van der Waals surface area contributed by atoms with Crippen molar-refractivity contribution in [2.75, 3.05) is 54.4 Å². The number of hydrogen-bond donors (Lipinski definition) is 7. The lowest BCUT2D eigenvalue weighted by molar-refractivity contribution is -0.160. The van der Waals surface area contributed by atoms with E-state index in [1.807, 2.05) is 63.7 Å². The van der Waals surface area contributed by atoms with Gasteiger partial charge in [0.2, 0.25) is 0 Å². The van der Waals surface area contributed by atoms with Crippen molar-refractivity contribution in [3.63, 3.8) is 0 Å². The van der Waals surface area contributed by atoms with Crippen LogP contribution in [0.1, 0.15) is 235 Å². The molecule has 28 rings (SSSR count). The van der Waals surface area contributed by atoms with E-state index in [2.05, 4.69) is 247 Å². The number of ether oxygens (including phenoxy) is 4. The van der Waals surface area contributed by atoms with Gasteiger partial charge in [-0.2, -0.15) is 0 Å². The Morgan fingerprint density at radius 2 is 0.859 bits per heavy atom. The first kappa shape index (κ1) is 87.9. The van der Waals surface area contributed by atoms with E-state index in [1.165, 1.54) is 201 Å². The fraction of sp³-hybridized carbons (Fsp3) is 0.533. The Bertz CT molecular complexity index is 6480. The molecule has 12 heterocycles. The number of rotatable bonds is 12. The van der Waals surface area contributed by atoms with E-state index in [-0.39, 0.29) is 73.4 Å². The topological polar surface area (TPSA) is 197 Å². The van der Waals surface area contributed by atoms with Gasteiger partial charge in [0.15, 0.2) is 0 Å². The Hall–Kier alpha value is -8.52. The maximum absolute atomic E-state index is 11.1. The van der Waals surface area contributed by atoms with Gasteiger partial charge in [0.05, 0.1) is 57.0 Å². The summed E-state index contributed by atoms with van der Waals surface area (Å²) < 4.78 is 29.4. The smallest absolute Gasteiger partial charge is 0.104 e. The molecule has 0 amide bonds. The highest BCUT2D eigenvalue weighted by molar-refractivity contribution is 5.88. The molecule has 6 saturated carbocycles. The third-order valence-corrected chi connectivity index (χ3v) is 40.8. The summed E-state index contributed by atoms with van der Waals surface area (Å²) in [6.07, 6.45) is 69.6. The van der Waals surface area contributed by atoms with Gasteiger partial charge < -0.3 is 55.5 Å². The molecule has 0 radical (unpaired) electrons. The maximum Gasteiger partial charge on any atom is 0.104 e. The van der Waals surface area contributed by atoms with E-state index >= 15 is 0 Å². The molecule has 15 heteroatoms. The number of fused-ring (bicyclic) bond motifs is 8. The number of aliphatic hydroxyl groups is 3.